The van der Waals surface area contributed by atoms with E-state index in [4.69, 9.17) is 0 Å². The minimum atomic E-state index is 1.14. The highest BCUT2D eigenvalue weighted by Gasteiger charge is 2.27. The van der Waals surface area contributed by atoms with Crippen molar-refractivity contribution in [3.63, 3.8) is 0 Å². The lowest BCUT2D eigenvalue weighted by Gasteiger charge is -2.19. The summed E-state index contributed by atoms with van der Waals surface area (Å²) in [5.41, 5.74) is 28.6. The summed E-state index contributed by atoms with van der Waals surface area (Å²) in [6.07, 6.45) is 0. The number of rotatable bonds is 7. The van der Waals surface area contributed by atoms with Crippen LogP contribution in [-0.2, 0) is 0 Å². The summed E-state index contributed by atoms with van der Waals surface area (Å²) >= 11 is 0. The first-order valence-corrected chi connectivity index (χ1v) is 34.5. The second kappa shape index (κ2) is 20.8. The number of benzene rings is 19. The smallest absolute Gasteiger partial charge is 0.0625 e. The van der Waals surface area contributed by atoms with Gasteiger partial charge in [0.2, 0.25) is 0 Å². The van der Waals surface area contributed by atoms with E-state index in [-0.39, 0.29) is 0 Å². The first kappa shape index (κ1) is 54.3. The number of aromatic nitrogens is 1. The largest absolute Gasteiger partial charge is 0.309 e. The van der Waals surface area contributed by atoms with Crippen LogP contribution in [0.3, 0.4) is 0 Å². The Labute approximate surface area is 571 Å². The van der Waals surface area contributed by atoms with Gasteiger partial charge in [-0.1, -0.05) is 273 Å². The average Bonchev–Trinajstić information content (AvgIpc) is 1.64. The molecule has 0 saturated carbocycles. The van der Waals surface area contributed by atoms with Crippen molar-refractivity contribution in [3.05, 3.63) is 346 Å². The molecule has 0 spiro atoms. The molecule has 0 fully saturated rings. The lowest BCUT2D eigenvalue weighted by molar-refractivity contribution is 1.19. The molecule has 0 amide bonds. The van der Waals surface area contributed by atoms with Gasteiger partial charge in [0.15, 0.2) is 0 Å². The number of nitrogens with zero attached hydrogens (tertiary/aromatic N) is 1. The molecule has 0 saturated heterocycles. The van der Waals surface area contributed by atoms with Gasteiger partial charge in [-0.05, 0) is 265 Å². The van der Waals surface area contributed by atoms with E-state index in [9.17, 15) is 0 Å². The molecule has 22 rings (SSSR count). The Hall–Kier alpha value is -12.9. The molecule has 20 aromatic rings. The maximum atomic E-state index is 2.51. The molecular formula is C98H57N. The Morgan fingerprint density at radius 2 is 0.545 bits per heavy atom. The van der Waals surface area contributed by atoms with Crippen molar-refractivity contribution in [2.24, 2.45) is 0 Å². The molecule has 1 heterocycles. The fourth-order valence-electron chi connectivity index (χ4n) is 17.7. The quantitative estimate of drug-likeness (QED) is 0.111. The zero-order valence-electron chi connectivity index (χ0n) is 53.9. The minimum Gasteiger partial charge on any atom is -0.309 e. The van der Waals surface area contributed by atoms with E-state index in [1.54, 1.807) is 0 Å². The molecule has 19 aromatic carbocycles. The first-order valence-electron chi connectivity index (χ1n) is 34.5. The van der Waals surface area contributed by atoms with Gasteiger partial charge in [-0.25, -0.2) is 0 Å². The Morgan fingerprint density at radius 1 is 0.162 bits per heavy atom. The van der Waals surface area contributed by atoms with Crippen LogP contribution in [0.15, 0.2) is 346 Å². The third kappa shape index (κ3) is 8.05. The van der Waals surface area contributed by atoms with Crippen LogP contribution in [0.2, 0.25) is 0 Å². The predicted octanol–water partition coefficient (Wildman–Crippen LogP) is 27.3. The summed E-state index contributed by atoms with van der Waals surface area (Å²) in [5.74, 6) is 0. The monoisotopic (exact) mass is 1250 g/mol. The molecule has 0 N–H and O–H groups in total. The Morgan fingerprint density at radius 3 is 1.19 bits per heavy atom. The molecule has 0 radical (unpaired) electrons. The fourth-order valence-corrected chi connectivity index (χ4v) is 17.7. The van der Waals surface area contributed by atoms with Crippen LogP contribution in [-0.4, -0.2) is 4.57 Å². The van der Waals surface area contributed by atoms with E-state index in [0.717, 1.165) is 5.69 Å². The van der Waals surface area contributed by atoms with Crippen molar-refractivity contribution >= 4 is 108 Å². The molecule has 0 bridgehead atoms. The molecule has 2 aliphatic rings. The third-order valence-electron chi connectivity index (χ3n) is 22.1. The second-order valence-electron chi connectivity index (χ2n) is 27.3. The van der Waals surface area contributed by atoms with Crippen molar-refractivity contribution in [2.75, 3.05) is 0 Å². The summed E-state index contributed by atoms with van der Waals surface area (Å²) in [4.78, 5) is 0. The van der Waals surface area contributed by atoms with E-state index >= 15 is 0 Å². The van der Waals surface area contributed by atoms with Crippen LogP contribution in [0.25, 0.3) is 225 Å². The van der Waals surface area contributed by atoms with Crippen molar-refractivity contribution in [2.45, 2.75) is 0 Å². The van der Waals surface area contributed by atoms with Gasteiger partial charge in [0.25, 0.3) is 0 Å². The topological polar surface area (TPSA) is 4.93 Å². The summed E-state index contributed by atoms with van der Waals surface area (Å²) in [5, 5.41) is 22.7. The van der Waals surface area contributed by atoms with Gasteiger partial charge >= 0.3 is 0 Å². The molecule has 1 heteroatoms. The van der Waals surface area contributed by atoms with Crippen LogP contribution in [0.1, 0.15) is 0 Å². The molecule has 0 unspecified atom stereocenters. The zero-order valence-corrected chi connectivity index (χ0v) is 53.9. The van der Waals surface area contributed by atoms with Gasteiger partial charge in [0.05, 0.1) is 11.0 Å². The van der Waals surface area contributed by atoms with E-state index in [2.05, 4.69) is 350 Å². The number of hydrogen-bond acceptors (Lipinski definition) is 0. The highest BCUT2D eigenvalue weighted by atomic mass is 15.0. The molecule has 454 valence electrons. The molecular weight excluding hydrogens is 1190 g/mol. The SMILES string of the molecule is c1ccc2c(c1)-c1cccc3cc(-c4ccc(-n5c6ccccc6c6c7cc(-c8ccc9c(c8)-c8cccc%10cc(-c%11ccc(-c%12ccc%13c(-c%14ccc%15ccccc%15c%14)c%14ccccc%14c(-c%14ccc%15ccccc%15c%14)c%13c%12)cc%11)cc-9c8%10)ccc7c7ccccc7c65)cc4)cc-2c13. The third-order valence-corrected chi connectivity index (χ3v) is 22.1. The van der Waals surface area contributed by atoms with Crippen molar-refractivity contribution in [1.82, 2.24) is 4.57 Å². The lowest BCUT2D eigenvalue weighted by atomic mass is 9.84. The number of fused-ring (bicyclic) bond motifs is 18. The van der Waals surface area contributed by atoms with Gasteiger partial charge in [0.1, 0.15) is 0 Å². The Kier molecular flexibility index (Phi) is 11.4. The number of para-hydroxylation sites is 1. The normalized spacial score (nSPS) is 12.2. The highest BCUT2D eigenvalue weighted by Crippen LogP contribution is 2.53. The molecule has 1 aromatic heterocycles. The van der Waals surface area contributed by atoms with Crippen LogP contribution in [0, 0.1) is 0 Å². The Balaban J connectivity index is 0.628. The van der Waals surface area contributed by atoms with Crippen molar-refractivity contribution < 1.29 is 0 Å². The molecule has 1 nitrogen and oxygen atoms in total. The zero-order chi connectivity index (χ0) is 64.6. The summed E-state index contributed by atoms with van der Waals surface area (Å²) in [6.45, 7) is 0. The van der Waals surface area contributed by atoms with E-state index in [0.29, 0.717) is 0 Å². The van der Waals surface area contributed by atoms with Crippen LogP contribution < -0.4 is 0 Å². The lowest BCUT2D eigenvalue weighted by Crippen LogP contribution is -1.95. The van der Waals surface area contributed by atoms with Crippen molar-refractivity contribution in [3.8, 4) is 117 Å². The van der Waals surface area contributed by atoms with Crippen molar-refractivity contribution in [1.29, 1.82) is 0 Å². The van der Waals surface area contributed by atoms with Crippen LogP contribution >= 0.6 is 0 Å². The van der Waals surface area contributed by atoms with Crippen LogP contribution in [0.4, 0.5) is 0 Å². The van der Waals surface area contributed by atoms with Gasteiger partial charge < -0.3 is 4.57 Å². The van der Waals surface area contributed by atoms with E-state index in [1.165, 1.54) is 219 Å². The standard InChI is InChI=1S/C98H57N/c1-3-17-63-49-70(37-35-58(63)15-1)93-81-24-8-9-25-82(81)96(71-38-36-59-16-2-4-18-64(59)50-71)91-54-65(43-48-84(91)93)60-31-33-61(34-32-60)72-52-69-20-14-29-83-87-53-66(42-47-79(87)89(57-72)95(69)83)67-41-46-78-76-22-7-10-26-85(76)98-97(90(78)55-67)86-27-11-12-30-92(86)99(98)74-44-39-62(40-45-74)73-51-68-19-13-28-80-75-21-5-6-23-77(75)88(56-73)94(68)80/h1-57H. The van der Waals surface area contributed by atoms with Gasteiger partial charge in [-0.3, -0.25) is 0 Å². The van der Waals surface area contributed by atoms with E-state index < -0.39 is 0 Å². The molecule has 0 atom stereocenters. The molecule has 99 heavy (non-hydrogen) atoms. The summed E-state index contributed by atoms with van der Waals surface area (Å²) in [6, 6.07) is 130. The fraction of sp³-hybridized carbons (Fsp3) is 0. The number of hydrogen-bond donors (Lipinski definition) is 0. The van der Waals surface area contributed by atoms with Gasteiger partial charge in [-0.2, -0.15) is 0 Å². The van der Waals surface area contributed by atoms with Gasteiger partial charge in [-0.15, -0.1) is 0 Å². The van der Waals surface area contributed by atoms with Crippen LogP contribution in [0.5, 0.6) is 0 Å². The van der Waals surface area contributed by atoms with E-state index in [1.807, 2.05) is 0 Å². The first-order chi connectivity index (χ1) is 49.1. The second-order valence-corrected chi connectivity index (χ2v) is 27.3. The molecule has 2 aliphatic carbocycles. The maximum absolute atomic E-state index is 2.51. The Bertz CT molecular complexity index is 6940. The summed E-state index contributed by atoms with van der Waals surface area (Å²) < 4.78 is 2.51. The highest BCUT2D eigenvalue weighted by molar-refractivity contribution is 6.33. The maximum Gasteiger partial charge on any atom is 0.0625 e. The summed E-state index contributed by atoms with van der Waals surface area (Å²) in [7, 11) is 0. The predicted molar refractivity (Wildman–Crippen MR) is 422 cm³/mol. The average molecular weight is 1250 g/mol. The molecule has 0 aliphatic heterocycles. The minimum absolute atomic E-state index is 1.14. The van der Waals surface area contributed by atoms with Gasteiger partial charge in [0, 0.05) is 21.8 Å².